The maximum absolute atomic E-state index is 11.6. The van der Waals surface area contributed by atoms with Gasteiger partial charge in [-0.1, -0.05) is 0 Å². The highest BCUT2D eigenvalue weighted by molar-refractivity contribution is 7.90. The van der Waals surface area contributed by atoms with Crippen LogP contribution < -0.4 is 5.73 Å². The van der Waals surface area contributed by atoms with E-state index >= 15 is 0 Å². The number of hydrogen-bond donors (Lipinski definition) is 1. The van der Waals surface area contributed by atoms with Gasteiger partial charge in [0.1, 0.15) is 0 Å². The molecule has 5 heteroatoms. The van der Waals surface area contributed by atoms with E-state index in [1.165, 1.54) is 0 Å². The third kappa shape index (κ3) is 1.36. The van der Waals surface area contributed by atoms with Crippen LogP contribution in [0.5, 0.6) is 0 Å². The van der Waals surface area contributed by atoms with E-state index in [0.29, 0.717) is 13.1 Å². The highest BCUT2D eigenvalue weighted by Crippen LogP contribution is 2.32. The Kier molecular flexibility index (Phi) is 1.89. The highest BCUT2D eigenvalue weighted by Gasteiger charge is 2.41. The lowest BCUT2D eigenvalue weighted by molar-refractivity contribution is 0.471. The van der Waals surface area contributed by atoms with Crippen LogP contribution in [0.25, 0.3) is 0 Å². The van der Waals surface area contributed by atoms with E-state index in [1.807, 2.05) is 0 Å². The summed E-state index contributed by atoms with van der Waals surface area (Å²) in [5.41, 5.74) is 5.64. The Morgan fingerprint density at radius 1 is 1.25 bits per heavy atom. The zero-order chi connectivity index (χ0) is 8.77. The van der Waals surface area contributed by atoms with Gasteiger partial charge in [0.25, 0.3) is 0 Å². The van der Waals surface area contributed by atoms with Crippen LogP contribution in [0.15, 0.2) is 0 Å². The van der Waals surface area contributed by atoms with Crippen molar-refractivity contribution in [1.29, 1.82) is 0 Å². The SMILES string of the molecule is NC1CCN(S(=O)(=O)C2CC2)C1. The van der Waals surface area contributed by atoms with Gasteiger partial charge in [-0.2, -0.15) is 0 Å². The minimum absolute atomic E-state index is 0.0542. The van der Waals surface area contributed by atoms with Crippen molar-refractivity contribution in [2.24, 2.45) is 5.73 Å². The normalized spacial score (nSPS) is 32.6. The van der Waals surface area contributed by atoms with Crippen LogP contribution in [0, 0.1) is 0 Å². The fourth-order valence-corrected chi connectivity index (χ4v) is 3.47. The molecule has 0 aromatic heterocycles. The Bertz CT molecular complexity index is 271. The van der Waals surface area contributed by atoms with Crippen LogP contribution in [-0.2, 0) is 10.0 Å². The van der Waals surface area contributed by atoms with Gasteiger partial charge in [0.15, 0.2) is 0 Å². The molecule has 0 aromatic carbocycles. The minimum atomic E-state index is -2.95. The first-order valence-electron chi connectivity index (χ1n) is 4.35. The van der Waals surface area contributed by atoms with Crippen molar-refractivity contribution < 1.29 is 8.42 Å². The van der Waals surface area contributed by atoms with Crippen molar-refractivity contribution in [3.8, 4) is 0 Å². The van der Waals surface area contributed by atoms with E-state index in [9.17, 15) is 8.42 Å². The van der Waals surface area contributed by atoms with E-state index in [1.54, 1.807) is 4.31 Å². The monoisotopic (exact) mass is 190 g/mol. The summed E-state index contributed by atoms with van der Waals surface area (Å²) in [5, 5.41) is -0.0807. The molecule has 2 fully saturated rings. The zero-order valence-corrected chi connectivity index (χ0v) is 7.76. The Hall–Kier alpha value is -0.130. The van der Waals surface area contributed by atoms with Gasteiger partial charge in [0.2, 0.25) is 10.0 Å². The lowest BCUT2D eigenvalue weighted by atomic mass is 10.3. The zero-order valence-electron chi connectivity index (χ0n) is 6.94. The van der Waals surface area contributed by atoms with E-state index < -0.39 is 10.0 Å². The van der Waals surface area contributed by atoms with Crippen molar-refractivity contribution >= 4 is 10.0 Å². The van der Waals surface area contributed by atoms with Gasteiger partial charge < -0.3 is 5.73 Å². The molecule has 1 saturated carbocycles. The van der Waals surface area contributed by atoms with Crippen molar-refractivity contribution in [2.45, 2.75) is 30.6 Å². The van der Waals surface area contributed by atoms with Crippen molar-refractivity contribution in [1.82, 2.24) is 4.31 Å². The summed E-state index contributed by atoms with van der Waals surface area (Å²) in [5.74, 6) is 0. The largest absolute Gasteiger partial charge is 0.326 e. The summed E-state index contributed by atoms with van der Waals surface area (Å²) in [6.45, 7) is 1.15. The second-order valence-corrected chi connectivity index (χ2v) is 5.86. The average molecular weight is 190 g/mol. The Balaban J connectivity index is 2.08. The van der Waals surface area contributed by atoms with Gasteiger partial charge in [-0.3, -0.25) is 0 Å². The standard InChI is InChI=1S/C7H14N2O2S/c8-6-3-4-9(5-6)12(10,11)7-1-2-7/h6-7H,1-5,8H2. The fourth-order valence-electron chi connectivity index (χ4n) is 1.56. The van der Waals surface area contributed by atoms with Gasteiger partial charge >= 0.3 is 0 Å². The van der Waals surface area contributed by atoms with Gasteiger partial charge in [0.05, 0.1) is 5.25 Å². The molecule has 1 aliphatic carbocycles. The maximum Gasteiger partial charge on any atom is 0.217 e. The van der Waals surface area contributed by atoms with Crippen LogP contribution in [0.4, 0.5) is 0 Å². The summed E-state index contributed by atoms with van der Waals surface area (Å²) in [4.78, 5) is 0. The molecule has 0 bridgehead atoms. The molecule has 1 aliphatic heterocycles. The van der Waals surface area contributed by atoms with Gasteiger partial charge in [0, 0.05) is 19.1 Å². The molecule has 2 rings (SSSR count). The molecule has 1 atom stereocenters. The first-order chi connectivity index (χ1) is 5.60. The molecule has 1 unspecified atom stereocenters. The third-order valence-electron chi connectivity index (χ3n) is 2.49. The molecule has 0 spiro atoms. The molecule has 12 heavy (non-hydrogen) atoms. The van der Waals surface area contributed by atoms with Crippen LogP contribution >= 0.6 is 0 Å². The second-order valence-electron chi connectivity index (χ2n) is 3.65. The van der Waals surface area contributed by atoms with E-state index in [2.05, 4.69) is 0 Å². The molecule has 0 radical (unpaired) electrons. The van der Waals surface area contributed by atoms with Crippen LogP contribution in [0.2, 0.25) is 0 Å². The van der Waals surface area contributed by atoms with Crippen molar-refractivity contribution in [2.75, 3.05) is 13.1 Å². The predicted octanol–water partition coefficient (Wildman–Crippen LogP) is -0.488. The lowest BCUT2D eigenvalue weighted by Crippen LogP contribution is -2.34. The molecule has 4 nitrogen and oxygen atoms in total. The highest BCUT2D eigenvalue weighted by atomic mass is 32.2. The topological polar surface area (TPSA) is 63.4 Å². The quantitative estimate of drug-likeness (QED) is 0.639. The summed E-state index contributed by atoms with van der Waals surface area (Å²) in [6.07, 6.45) is 2.49. The molecule has 0 amide bonds. The number of sulfonamides is 1. The maximum atomic E-state index is 11.6. The molecule has 2 aliphatic rings. The Morgan fingerprint density at radius 3 is 2.33 bits per heavy atom. The smallest absolute Gasteiger partial charge is 0.217 e. The summed E-state index contributed by atoms with van der Waals surface area (Å²) in [7, 11) is -2.95. The number of rotatable bonds is 2. The van der Waals surface area contributed by atoms with E-state index in [4.69, 9.17) is 5.73 Å². The predicted molar refractivity (Wildman–Crippen MR) is 46.1 cm³/mol. The summed E-state index contributed by atoms with van der Waals surface area (Å²) >= 11 is 0. The Labute approximate surface area is 72.8 Å². The molecular weight excluding hydrogens is 176 g/mol. The van der Waals surface area contributed by atoms with Crippen LogP contribution in [0.3, 0.4) is 0 Å². The number of nitrogens with two attached hydrogens (primary N) is 1. The van der Waals surface area contributed by atoms with Crippen molar-refractivity contribution in [3.05, 3.63) is 0 Å². The second kappa shape index (κ2) is 2.68. The summed E-state index contributed by atoms with van der Waals surface area (Å²) < 4.78 is 24.8. The number of nitrogens with zero attached hydrogens (tertiary/aromatic N) is 1. The van der Waals surface area contributed by atoms with Gasteiger partial charge in [-0.25, -0.2) is 12.7 Å². The summed E-state index contributed by atoms with van der Waals surface area (Å²) in [6, 6.07) is 0.0542. The van der Waals surface area contributed by atoms with Gasteiger partial charge in [-0.15, -0.1) is 0 Å². The van der Waals surface area contributed by atoms with Crippen LogP contribution in [0.1, 0.15) is 19.3 Å². The molecule has 70 valence electrons. The fraction of sp³-hybridized carbons (Fsp3) is 1.00. The Morgan fingerprint density at radius 2 is 1.92 bits per heavy atom. The third-order valence-corrected chi connectivity index (χ3v) is 4.86. The molecule has 2 N–H and O–H groups in total. The first kappa shape index (κ1) is 8.47. The lowest BCUT2D eigenvalue weighted by Gasteiger charge is -2.14. The van der Waals surface area contributed by atoms with E-state index in [-0.39, 0.29) is 11.3 Å². The van der Waals surface area contributed by atoms with E-state index in [0.717, 1.165) is 19.3 Å². The number of hydrogen-bond acceptors (Lipinski definition) is 3. The minimum Gasteiger partial charge on any atom is -0.326 e. The van der Waals surface area contributed by atoms with Crippen LogP contribution in [-0.4, -0.2) is 37.1 Å². The molecule has 1 saturated heterocycles. The first-order valence-corrected chi connectivity index (χ1v) is 5.85. The van der Waals surface area contributed by atoms with Crippen molar-refractivity contribution in [3.63, 3.8) is 0 Å². The molecule has 0 aromatic rings. The molecule has 1 heterocycles. The van der Waals surface area contributed by atoms with Gasteiger partial charge in [-0.05, 0) is 19.3 Å². The average Bonchev–Trinajstić information content (AvgIpc) is 2.75. The molecular formula is C7H14N2O2S.